The Hall–Kier alpha value is -3.40. The molecular formula is C29H34F4N6. The second-order valence-corrected chi connectivity index (χ2v) is 10.7. The van der Waals surface area contributed by atoms with E-state index in [2.05, 4.69) is 16.8 Å². The van der Waals surface area contributed by atoms with E-state index in [0.717, 1.165) is 24.2 Å². The van der Waals surface area contributed by atoms with Gasteiger partial charge in [-0.1, -0.05) is 25.1 Å². The quantitative estimate of drug-likeness (QED) is 0.389. The zero-order chi connectivity index (χ0) is 27.7. The number of aromatic nitrogens is 3. The molecule has 10 heteroatoms. The van der Waals surface area contributed by atoms with E-state index in [-0.39, 0.29) is 24.7 Å². The first-order chi connectivity index (χ1) is 18.6. The number of rotatable bonds is 8. The van der Waals surface area contributed by atoms with Gasteiger partial charge in [-0.15, -0.1) is 10.2 Å². The van der Waals surface area contributed by atoms with E-state index in [1.807, 2.05) is 40.8 Å². The van der Waals surface area contributed by atoms with Gasteiger partial charge in [-0.2, -0.15) is 13.2 Å². The minimum Gasteiger partial charge on any atom is -0.349 e. The van der Waals surface area contributed by atoms with E-state index >= 15 is 0 Å². The van der Waals surface area contributed by atoms with Crippen LogP contribution in [0.25, 0.3) is 0 Å². The van der Waals surface area contributed by atoms with Crippen molar-refractivity contribution in [3.05, 3.63) is 90.1 Å². The number of allylic oxidation sites excluding steroid dienone is 1. The first-order valence-electron chi connectivity index (χ1n) is 13.3. The van der Waals surface area contributed by atoms with Crippen LogP contribution in [0.15, 0.2) is 78.7 Å². The van der Waals surface area contributed by atoms with Crippen molar-refractivity contribution in [3.8, 4) is 0 Å². The van der Waals surface area contributed by atoms with Gasteiger partial charge in [0.1, 0.15) is 18.3 Å². The summed E-state index contributed by atoms with van der Waals surface area (Å²) < 4.78 is 58.4. The highest BCUT2D eigenvalue weighted by Crippen LogP contribution is 2.43. The second-order valence-electron chi connectivity index (χ2n) is 10.7. The lowest BCUT2D eigenvalue weighted by atomic mass is 9.72. The smallest absolute Gasteiger partial charge is 0.349 e. The van der Waals surface area contributed by atoms with Gasteiger partial charge < -0.3 is 14.4 Å². The molecule has 2 aromatic rings. The lowest BCUT2D eigenvalue weighted by Crippen LogP contribution is -2.30. The number of hydrogen-bond donors (Lipinski definition) is 0. The van der Waals surface area contributed by atoms with Gasteiger partial charge in [0.2, 0.25) is 0 Å². The van der Waals surface area contributed by atoms with E-state index in [1.54, 1.807) is 24.5 Å². The number of aryl methyl sites for hydroxylation is 1. The van der Waals surface area contributed by atoms with Crippen LogP contribution in [0, 0.1) is 5.92 Å². The molecular weight excluding hydrogens is 508 g/mol. The Kier molecular flexibility index (Phi) is 7.66. The predicted molar refractivity (Wildman–Crippen MR) is 143 cm³/mol. The average Bonchev–Trinajstić information content (AvgIpc) is 3.47. The first-order valence-corrected chi connectivity index (χ1v) is 13.3. The molecule has 39 heavy (non-hydrogen) atoms. The average molecular weight is 543 g/mol. The fourth-order valence-electron chi connectivity index (χ4n) is 5.69. The van der Waals surface area contributed by atoms with Gasteiger partial charge in [-0.3, -0.25) is 4.90 Å². The molecule has 2 fully saturated rings. The molecule has 0 bridgehead atoms. The van der Waals surface area contributed by atoms with Crippen LogP contribution in [0.5, 0.6) is 0 Å². The summed E-state index contributed by atoms with van der Waals surface area (Å²) >= 11 is 0. The first kappa shape index (κ1) is 27.2. The summed E-state index contributed by atoms with van der Waals surface area (Å²) in [6, 6.07) is 7.81. The highest BCUT2D eigenvalue weighted by Gasteiger charge is 2.39. The number of alkyl halides is 4. The van der Waals surface area contributed by atoms with Gasteiger partial charge in [-0.25, -0.2) is 4.39 Å². The van der Waals surface area contributed by atoms with Gasteiger partial charge in [0, 0.05) is 63.9 Å². The SMILES string of the molecule is C=CN(/C=C1/C(C(F)(F)F)=CC(CN2CC[C@H](F)C2)=CN1C)c1cccc(C(c2nncn2C)C2CCC2)c1. The van der Waals surface area contributed by atoms with Crippen molar-refractivity contribution in [2.45, 2.75) is 43.9 Å². The number of hydrogen-bond acceptors (Lipinski definition) is 5. The molecule has 0 N–H and O–H groups in total. The molecule has 5 rings (SSSR count). The van der Waals surface area contributed by atoms with Crippen molar-refractivity contribution in [1.82, 2.24) is 24.6 Å². The maximum atomic E-state index is 14.3. The van der Waals surface area contributed by atoms with Crippen LogP contribution in [0.3, 0.4) is 0 Å². The number of likely N-dealkylation sites (N-methyl/N-ethyl adjacent to an activating group) is 1. The molecule has 208 valence electrons. The van der Waals surface area contributed by atoms with Gasteiger partial charge in [0.15, 0.2) is 0 Å². The monoisotopic (exact) mass is 542 g/mol. The fraction of sp³-hybridized carbons (Fsp3) is 0.448. The maximum absolute atomic E-state index is 14.3. The number of halogens is 4. The lowest BCUT2D eigenvalue weighted by Gasteiger charge is -2.34. The Balaban J connectivity index is 1.46. The molecule has 1 aliphatic carbocycles. The Bertz CT molecular complexity index is 1290. The third-order valence-corrected chi connectivity index (χ3v) is 7.90. The Morgan fingerprint density at radius 2 is 2.00 bits per heavy atom. The van der Waals surface area contributed by atoms with Gasteiger partial charge in [0.05, 0.1) is 11.3 Å². The molecule has 2 atom stereocenters. The molecule has 1 saturated heterocycles. The molecule has 0 radical (unpaired) electrons. The minimum absolute atomic E-state index is 0.00480. The summed E-state index contributed by atoms with van der Waals surface area (Å²) in [5.74, 6) is 1.37. The van der Waals surface area contributed by atoms with E-state index in [9.17, 15) is 17.6 Å². The molecule has 3 heterocycles. The number of benzene rings is 1. The van der Waals surface area contributed by atoms with Crippen LogP contribution in [0.1, 0.15) is 43.0 Å². The molecule has 6 nitrogen and oxygen atoms in total. The summed E-state index contributed by atoms with van der Waals surface area (Å²) in [7, 11) is 3.53. The standard InChI is InChI=1S/C29H34F4N6/c1-4-39(24-10-6-9-22(14-24)27(21-7-5-8-21)28-35-34-19-37(28)3)18-26-25(29(31,32)33)13-20(15-36(26)2)16-38-12-11-23(30)17-38/h4,6,9-10,13-15,18-19,21,23,27H,1,5,7-8,11-12,16-17H2,2-3H3/b26-18-/t23-,27?/m0/s1. The molecule has 1 saturated carbocycles. The topological polar surface area (TPSA) is 40.4 Å². The van der Waals surface area contributed by atoms with Crippen LogP contribution < -0.4 is 4.90 Å². The fourth-order valence-corrected chi connectivity index (χ4v) is 5.69. The van der Waals surface area contributed by atoms with Crippen LogP contribution >= 0.6 is 0 Å². The van der Waals surface area contributed by atoms with E-state index < -0.39 is 17.9 Å². The zero-order valence-corrected chi connectivity index (χ0v) is 22.3. The normalized spacial score (nSPS) is 22.5. The molecule has 2 aliphatic heterocycles. The van der Waals surface area contributed by atoms with Crippen molar-refractivity contribution < 1.29 is 17.6 Å². The van der Waals surface area contributed by atoms with E-state index in [4.69, 9.17) is 0 Å². The third kappa shape index (κ3) is 5.80. The third-order valence-electron chi connectivity index (χ3n) is 7.90. The molecule has 1 unspecified atom stereocenters. The maximum Gasteiger partial charge on any atom is 0.418 e. The summed E-state index contributed by atoms with van der Waals surface area (Å²) in [5.41, 5.74) is 1.51. The van der Waals surface area contributed by atoms with Crippen molar-refractivity contribution in [2.24, 2.45) is 13.0 Å². The molecule has 1 aromatic carbocycles. The lowest BCUT2D eigenvalue weighted by molar-refractivity contribution is -0.0912. The van der Waals surface area contributed by atoms with E-state index in [0.29, 0.717) is 30.1 Å². The van der Waals surface area contributed by atoms with Crippen molar-refractivity contribution >= 4 is 5.69 Å². The highest BCUT2D eigenvalue weighted by molar-refractivity contribution is 5.57. The zero-order valence-electron chi connectivity index (χ0n) is 22.3. The van der Waals surface area contributed by atoms with Crippen LogP contribution in [0.4, 0.5) is 23.2 Å². The van der Waals surface area contributed by atoms with Crippen LogP contribution in [-0.4, -0.2) is 63.6 Å². The van der Waals surface area contributed by atoms with Crippen molar-refractivity contribution in [2.75, 3.05) is 31.6 Å². The Morgan fingerprint density at radius 3 is 2.59 bits per heavy atom. The van der Waals surface area contributed by atoms with Crippen molar-refractivity contribution in [3.63, 3.8) is 0 Å². The van der Waals surface area contributed by atoms with Gasteiger partial charge in [0.25, 0.3) is 0 Å². The molecule has 0 spiro atoms. The Labute approximate surface area is 226 Å². The minimum atomic E-state index is -4.57. The van der Waals surface area contributed by atoms with E-state index in [1.165, 1.54) is 29.8 Å². The highest BCUT2D eigenvalue weighted by atomic mass is 19.4. The van der Waals surface area contributed by atoms with Crippen molar-refractivity contribution in [1.29, 1.82) is 0 Å². The van der Waals surface area contributed by atoms with Crippen LogP contribution in [0.2, 0.25) is 0 Å². The summed E-state index contributed by atoms with van der Waals surface area (Å²) in [5, 5.41) is 8.45. The van der Waals surface area contributed by atoms with Gasteiger partial charge in [-0.05, 0) is 54.5 Å². The summed E-state index contributed by atoms with van der Waals surface area (Å²) in [4.78, 5) is 4.95. The number of likely N-dealkylation sites (tertiary alicyclic amines) is 1. The summed E-state index contributed by atoms with van der Waals surface area (Å²) in [6.45, 7) is 4.94. The molecule has 0 amide bonds. The van der Waals surface area contributed by atoms with Gasteiger partial charge >= 0.3 is 6.18 Å². The molecule has 3 aliphatic rings. The summed E-state index contributed by atoms with van der Waals surface area (Å²) in [6.07, 6.45) is 5.81. The number of nitrogens with zero attached hydrogens (tertiary/aromatic N) is 6. The van der Waals surface area contributed by atoms with Crippen LogP contribution in [-0.2, 0) is 7.05 Å². The predicted octanol–water partition coefficient (Wildman–Crippen LogP) is 5.90. The second kappa shape index (κ2) is 11.0. The largest absolute Gasteiger partial charge is 0.418 e. The number of anilines is 1. The molecule has 1 aromatic heterocycles. The Morgan fingerprint density at radius 1 is 1.21 bits per heavy atom.